The van der Waals surface area contributed by atoms with E-state index in [4.69, 9.17) is 9.47 Å². The van der Waals surface area contributed by atoms with Crippen molar-refractivity contribution in [3.05, 3.63) is 0 Å². The van der Waals surface area contributed by atoms with Gasteiger partial charge >= 0.3 is 0 Å². The Hall–Kier alpha value is -0.120. The first-order valence-corrected chi connectivity index (χ1v) is 6.82. The van der Waals surface area contributed by atoms with Crippen molar-refractivity contribution in [2.45, 2.75) is 38.2 Å². The molecule has 0 spiro atoms. The van der Waals surface area contributed by atoms with Crippen LogP contribution in [0.3, 0.4) is 0 Å². The Morgan fingerprint density at radius 3 is 2.75 bits per heavy atom. The number of hydrogen-bond donors (Lipinski definition) is 1. The van der Waals surface area contributed by atoms with Crippen molar-refractivity contribution >= 4 is 0 Å². The predicted molar refractivity (Wildman–Crippen MR) is 62.1 cm³/mol. The summed E-state index contributed by atoms with van der Waals surface area (Å²) >= 11 is 0. The molecule has 1 heterocycles. The smallest absolute Gasteiger partial charge is 0.147 e. The van der Waals surface area contributed by atoms with Crippen LogP contribution in [0.2, 0.25) is 0 Å². The molecule has 2 aliphatic carbocycles. The van der Waals surface area contributed by atoms with E-state index in [2.05, 4.69) is 5.32 Å². The minimum Gasteiger partial charge on any atom is -0.355 e. The zero-order chi connectivity index (χ0) is 10.8. The van der Waals surface area contributed by atoms with Crippen molar-refractivity contribution in [2.75, 3.05) is 26.5 Å². The molecule has 0 aromatic heterocycles. The van der Waals surface area contributed by atoms with Crippen LogP contribution in [0.4, 0.5) is 0 Å². The summed E-state index contributed by atoms with van der Waals surface area (Å²) in [4.78, 5) is 0. The summed E-state index contributed by atoms with van der Waals surface area (Å²) in [5, 5.41) is 3.60. The monoisotopic (exact) mass is 225 g/mol. The number of hydrogen-bond acceptors (Lipinski definition) is 3. The van der Waals surface area contributed by atoms with E-state index in [-0.39, 0.29) is 0 Å². The highest BCUT2D eigenvalue weighted by Gasteiger charge is 2.38. The Bertz CT molecular complexity index is 228. The Morgan fingerprint density at radius 1 is 1.06 bits per heavy atom. The average molecular weight is 225 g/mol. The second-order valence-electron chi connectivity index (χ2n) is 5.70. The molecule has 0 radical (unpaired) electrons. The van der Waals surface area contributed by atoms with E-state index >= 15 is 0 Å². The molecule has 1 N–H and O–H groups in total. The summed E-state index contributed by atoms with van der Waals surface area (Å²) in [6.07, 6.45) is 7.41. The van der Waals surface area contributed by atoms with Crippen LogP contribution < -0.4 is 5.32 Å². The molecule has 0 aromatic carbocycles. The van der Waals surface area contributed by atoms with Gasteiger partial charge < -0.3 is 14.8 Å². The fourth-order valence-corrected chi connectivity index (χ4v) is 3.72. The maximum Gasteiger partial charge on any atom is 0.147 e. The summed E-state index contributed by atoms with van der Waals surface area (Å²) in [6.45, 7) is 3.57. The Labute approximate surface area is 97.9 Å². The minimum atomic E-state index is 0.382. The molecule has 4 unspecified atom stereocenters. The van der Waals surface area contributed by atoms with Gasteiger partial charge in [-0.15, -0.1) is 0 Å². The third-order valence-corrected chi connectivity index (χ3v) is 4.63. The molecular weight excluding hydrogens is 202 g/mol. The Kier molecular flexibility index (Phi) is 3.46. The molecule has 2 saturated carbocycles. The summed E-state index contributed by atoms with van der Waals surface area (Å²) in [6, 6.07) is 0. The van der Waals surface area contributed by atoms with Gasteiger partial charge in [0.05, 0.1) is 12.7 Å². The maximum absolute atomic E-state index is 5.52. The van der Waals surface area contributed by atoms with Crippen molar-refractivity contribution in [3.63, 3.8) is 0 Å². The third kappa shape index (κ3) is 2.41. The molecule has 1 saturated heterocycles. The summed E-state index contributed by atoms with van der Waals surface area (Å²) in [7, 11) is 0. The molecule has 3 heteroatoms. The zero-order valence-electron chi connectivity index (χ0n) is 9.99. The molecule has 92 valence electrons. The van der Waals surface area contributed by atoms with E-state index in [1.54, 1.807) is 0 Å². The molecule has 4 atom stereocenters. The van der Waals surface area contributed by atoms with Gasteiger partial charge in [0.15, 0.2) is 0 Å². The second-order valence-corrected chi connectivity index (χ2v) is 5.70. The molecule has 3 aliphatic rings. The lowest BCUT2D eigenvalue weighted by Gasteiger charge is -2.26. The van der Waals surface area contributed by atoms with Crippen LogP contribution >= 0.6 is 0 Å². The van der Waals surface area contributed by atoms with Crippen LogP contribution in [-0.4, -0.2) is 32.6 Å². The largest absolute Gasteiger partial charge is 0.355 e. The maximum atomic E-state index is 5.52. The lowest BCUT2D eigenvalue weighted by atomic mass is 9.89. The molecule has 0 amide bonds. The summed E-state index contributed by atoms with van der Waals surface area (Å²) in [5.41, 5.74) is 0. The van der Waals surface area contributed by atoms with Crippen molar-refractivity contribution in [2.24, 2.45) is 17.8 Å². The Balaban J connectivity index is 1.34. The van der Waals surface area contributed by atoms with Gasteiger partial charge in [-0.3, -0.25) is 0 Å². The summed E-state index contributed by atoms with van der Waals surface area (Å²) < 4.78 is 10.7. The van der Waals surface area contributed by atoms with E-state index in [9.17, 15) is 0 Å². The fourth-order valence-electron chi connectivity index (χ4n) is 3.72. The first-order valence-electron chi connectivity index (χ1n) is 6.82. The van der Waals surface area contributed by atoms with Gasteiger partial charge in [-0.25, -0.2) is 0 Å². The lowest BCUT2D eigenvalue weighted by Crippen LogP contribution is -2.37. The SMILES string of the molecule is C1CC(CNCC2CC3CCC2C3)OCO1. The normalized spacial score (nSPS) is 42.8. The van der Waals surface area contributed by atoms with Gasteiger partial charge in [-0.2, -0.15) is 0 Å². The van der Waals surface area contributed by atoms with Crippen molar-refractivity contribution in [1.29, 1.82) is 0 Å². The fraction of sp³-hybridized carbons (Fsp3) is 1.00. The Morgan fingerprint density at radius 2 is 2.06 bits per heavy atom. The van der Waals surface area contributed by atoms with Gasteiger partial charge in [0.2, 0.25) is 0 Å². The molecule has 1 aliphatic heterocycles. The molecule has 3 nitrogen and oxygen atoms in total. The number of fused-ring (bicyclic) bond motifs is 2. The van der Waals surface area contributed by atoms with Crippen LogP contribution in [0.5, 0.6) is 0 Å². The van der Waals surface area contributed by atoms with E-state index in [1.165, 1.54) is 32.2 Å². The van der Waals surface area contributed by atoms with Crippen molar-refractivity contribution < 1.29 is 9.47 Å². The third-order valence-electron chi connectivity index (χ3n) is 4.63. The van der Waals surface area contributed by atoms with E-state index < -0.39 is 0 Å². The van der Waals surface area contributed by atoms with Crippen LogP contribution in [0.25, 0.3) is 0 Å². The lowest BCUT2D eigenvalue weighted by molar-refractivity contribution is -0.137. The highest BCUT2D eigenvalue weighted by atomic mass is 16.7. The van der Waals surface area contributed by atoms with Gasteiger partial charge in [-0.05, 0) is 50.0 Å². The molecular formula is C13H23NO2. The molecule has 2 bridgehead atoms. The van der Waals surface area contributed by atoms with Crippen molar-refractivity contribution in [3.8, 4) is 0 Å². The standard InChI is InChI=1S/C13H23NO2/c1-2-11-5-10(1)6-12(11)7-14-8-13-3-4-15-9-16-13/h10-14H,1-9H2. The zero-order valence-corrected chi connectivity index (χ0v) is 9.99. The first-order chi connectivity index (χ1) is 7.92. The van der Waals surface area contributed by atoms with Gasteiger partial charge in [0, 0.05) is 6.54 Å². The van der Waals surface area contributed by atoms with Crippen molar-refractivity contribution in [1.82, 2.24) is 5.32 Å². The van der Waals surface area contributed by atoms with Crippen LogP contribution in [0.1, 0.15) is 32.1 Å². The number of rotatable bonds is 4. The molecule has 3 fully saturated rings. The first kappa shape index (κ1) is 11.0. The number of nitrogens with one attached hydrogen (secondary N) is 1. The minimum absolute atomic E-state index is 0.382. The molecule has 0 aromatic rings. The van der Waals surface area contributed by atoms with Gasteiger partial charge in [0.25, 0.3) is 0 Å². The predicted octanol–water partition coefficient (Wildman–Crippen LogP) is 1.78. The highest BCUT2D eigenvalue weighted by Crippen LogP contribution is 2.47. The van der Waals surface area contributed by atoms with Gasteiger partial charge in [0.1, 0.15) is 6.79 Å². The van der Waals surface area contributed by atoms with Gasteiger partial charge in [-0.1, -0.05) is 6.42 Å². The van der Waals surface area contributed by atoms with E-state index in [1.807, 2.05) is 0 Å². The van der Waals surface area contributed by atoms with E-state index in [0.29, 0.717) is 12.9 Å². The average Bonchev–Trinajstić information content (AvgIpc) is 2.92. The van der Waals surface area contributed by atoms with Crippen LogP contribution in [0.15, 0.2) is 0 Å². The van der Waals surface area contributed by atoms with Crippen LogP contribution in [-0.2, 0) is 9.47 Å². The molecule has 3 rings (SSSR count). The highest BCUT2D eigenvalue weighted by molar-refractivity contribution is 4.90. The molecule has 16 heavy (non-hydrogen) atoms. The van der Waals surface area contributed by atoms with Crippen LogP contribution in [0, 0.1) is 17.8 Å². The topological polar surface area (TPSA) is 30.5 Å². The number of ether oxygens (including phenoxy) is 2. The second kappa shape index (κ2) is 5.03. The summed E-state index contributed by atoms with van der Waals surface area (Å²) in [5.74, 6) is 3.06. The van der Waals surface area contributed by atoms with E-state index in [0.717, 1.165) is 37.3 Å². The quantitative estimate of drug-likeness (QED) is 0.791.